The molecule has 0 radical (unpaired) electrons. The fourth-order valence-electron chi connectivity index (χ4n) is 5.54. The maximum Gasteiger partial charge on any atom is 0.224 e. The Morgan fingerprint density at radius 3 is 2.32 bits per heavy atom. The summed E-state index contributed by atoms with van der Waals surface area (Å²) in [5.41, 5.74) is 5.80. The number of hydrogen-bond donors (Lipinski definition) is 1. The number of benzene rings is 3. The molecule has 1 saturated carbocycles. The Bertz CT molecular complexity index is 1430. The molecule has 1 atom stereocenters. The highest BCUT2D eigenvalue weighted by Crippen LogP contribution is 2.41. The number of carbonyl (C=O) groups is 2. The number of para-hydroxylation sites is 1. The van der Waals surface area contributed by atoms with Crippen LogP contribution in [0.1, 0.15) is 48.4 Å². The molecule has 6 rings (SSSR count). The Kier molecular flexibility index (Phi) is 6.44. The highest BCUT2D eigenvalue weighted by molar-refractivity contribution is 5.92. The number of rotatable bonds is 8. The van der Waals surface area contributed by atoms with Gasteiger partial charge in [-0.05, 0) is 42.4 Å². The summed E-state index contributed by atoms with van der Waals surface area (Å²) in [6.45, 7) is 1.21. The molecule has 0 unspecified atom stereocenters. The number of nitrogens with one attached hydrogen (secondary N) is 1. The van der Waals surface area contributed by atoms with E-state index in [1.54, 1.807) is 0 Å². The number of nitrogens with zero attached hydrogens (tertiary/aromatic N) is 2. The number of carbonyl (C=O) groups excluding carboxylic acids is 2. The lowest BCUT2D eigenvalue weighted by atomic mass is 9.93. The van der Waals surface area contributed by atoms with Crippen LogP contribution < -0.4 is 5.32 Å². The van der Waals surface area contributed by atoms with Crippen molar-refractivity contribution in [1.82, 2.24) is 15.2 Å². The molecule has 1 N–H and O–H groups in total. The average Bonchev–Trinajstić information content (AvgIpc) is 3.70. The van der Waals surface area contributed by atoms with Crippen LogP contribution in [0.15, 0.2) is 84.9 Å². The number of amides is 2. The molecule has 2 heterocycles. The number of likely N-dealkylation sites (tertiary alicyclic amines) is 1. The van der Waals surface area contributed by atoms with E-state index in [0.29, 0.717) is 18.9 Å². The van der Waals surface area contributed by atoms with Crippen molar-refractivity contribution in [3.05, 3.63) is 102 Å². The smallest absolute Gasteiger partial charge is 0.224 e. The number of fused-ring (bicyclic) bond motifs is 1. The van der Waals surface area contributed by atoms with Crippen LogP contribution in [0.4, 0.5) is 0 Å². The van der Waals surface area contributed by atoms with Crippen molar-refractivity contribution in [2.45, 2.75) is 44.7 Å². The molecule has 5 heteroatoms. The third-order valence-corrected chi connectivity index (χ3v) is 7.59. The van der Waals surface area contributed by atoms with E-state index in [1.807, 2.05) is 65.6 Å². The molecule has 186 valence electrons. The fourth-order valence-corrected chi connectivity index (χ4v) is 5.54. The summed E-state index contributed by atoms with van der Waals surface area (Å²) in [6.07, 6.45) is 3.97. The lowest BCUT2D eigenvalue weighted by Crippen LogP contribution is -2.32. The van der Waals surface area contributed by atoms with Crippen LogP contribution >= 0.6 is 0 Å². The largest absolute Gasteiger partial charge is 0.349 e. The summed E-state index contributed by atoms with van der Waals surface area (Å²) in [5.74, 6) is 0.660. The van der Waals surface area contributed by atoms with E-state index in [2.05, 4.69) is 29.6 Å². The van der Waals surface area contributed by atoms with Gasteiger partial charge in [0.05, 0.1) is 23.7 Å². The third-order valence-electron chi connectivity index (χ3n) is 7.59. The summed E-state index contributed by atoms with van der Waals surface area (Å²) >= 11 is 0. The van der Waals surface area contributed by atoms with Crippen LogP contribution in [0, 0.1) is 5.92 Å². The van der Waals surface area contributed by atoms with Gasteiger partial charge in [0.15, 0.2) is 0 Å². The molecule has 5 nitrogen and oxygen atoms in total. The lowest BCUT2D eigenvalue weighted by Gasteiger charge is -2.23. The zero-order chi connectivity index (χ0) is 25.2. The summed E-state index contributed by atoms with van der Waals surface area (Å²) in [7, 11) is 0. The van der Waals surface area contributed by atoms with E-state index in [-0.39, 0.29) is 24.3 Å². The van der Waals surface area contributed by atoms with E-state index in [4.69, 9.17) is 4.98 Å². The molecule has 1 aliphatic heterocycles. The van der Waals surface area contributed by atoms with Gasteiger partial charge in [0.25, 0.3) is 0 Å². The first-order chi connectivity index (χ1) is 18.2. The van der Waals surface area contributed by atoms with Crippen molar-refractivity contribution in [2.75, 3.05) is 6.54 Å². The Labute approximate surface area is 217 Å². The first-order valence-electron chi connectivity index (χ1n) is 13.3. The predicted molar refractivity (Wildman–Crippen MR) is 146 cm³/mol. The zero-order valence-electron chi connectivity index (χ0n) is 20.9. The molecule has 2 amide bonds. The van der Waals surface area contributed by atoms with E-state index < -0.39 is 0 Å². The Balaban J connectivity index is 1.42. The molecule has 0 bridgehead atoms. The van der Waals surface area contributed by atoms with E-state index in [9.17, 15) is 9.59 Å². The van der Waals surface area contributed by atoms with Crippen molar-refractivity contribution in [3.63, 3.8) is 0 Å². The summed E-state index contributed by atoms with van der Waals surface area (Å²) in [5, 5.41) is 4.33. The number of pyridine rings is 1. The standard InChI is InChI=1S/C32H31N3O2/c36-29(34-31(24-17-18-24)22-10-3-1-4-11-22)20-26-25-14-7-8-15-28(25)33-32(23-12-5-2-6-13-23)27(26)21-35-19-9-16-30(35)37/h1-8,10-15,24,31H,9,16-21H2,(H,34,36)/t31-/m1/s1. The predicted octanol–water partition coefficient (Wildman–Crippen LogP) is 5.83. The highest BCUT2D eigenvalue weighted by atomic mass is 16.2. The second kappa shape index (κ2) is 10.2. The fraction of sp³-hybridized carbons (Fsp3) is 0.281. The molecule has 4 aromatic rings. The van der Waals surface area contributed by atoms with Crippen molar-refractivity contribution in [1.29, 1.82) is 0 Å². The second-order valence-electron chi connectivity index (χ2n) is 10.2. The Morgan fingerprint density at radius 1 is 0.919 bits per heavy atom. The third kappa shape index (κ3) is 4.99. The van der Waals surface area contributed by atoms with Crippen LogP contribution in [0.25, 0.3) is 22.2 Å². The summed E-state index contributed by atoms with van der Waals surface area (Å²) < 4.78 is 0. The van der Waals surface area contributed by atoms with Gasteiger partial charge in [0, 0.05) is 36.0 Å². The normalized spacial score (nSPS) is 16.2. The van der Waals surface area contributed by atoms with Gasteiger partial charge in [-0.25, -0.2) is 4.98 Å². The van der Waals surface area contributed by atoms with Crippen molar-refractivity contribution >= 4 is 22.7 Å². The molecule has 2 aliphatic rings. The molecule has 1 aromatic heterocycles. The van der Waals surface area contributed by atoms with Crippen molar-refractivity contribution in [3.8, 4) is 11.3 Å². The Morgan fingerprint density at radius 2 is 1.62 bits per heavy atom. The van der Waals surface area contributed by atoms with Gasteiger partial charge in [0.1, 0.15) is 0 Å². The van der Waals surface area contributed by atoms with Crippen LogP contribution in [0.5, 0.6) is 0 Å². The van der Waals surface area contributed by atoms with Gasteiger partial charge in [-0.2, -0.15) is 0 Å². The topological polar surface area (TPSA) is 62.3 Å². The molecule has 37 heavy (non-hydrogen) atoms. The van der Waals surface area contributed by atoms with Gasteiger partial charge in [0.2, 0.25) is 11.8 Å². The van der Waals surface area contributed by atoms with Gasteiger partial charge in [-0.15, -0.1) is 0 Å². The maximum absolute atomic E-state index is 13.7. The van der Waals surface area contributed by atoms with Gasteiger partial charge >= 0.3 is 0 Å². The summed E-state index contributed by atoms with van der Waals surface area (Å²) in [4.78, 5) is 33.3. The van der Waals surface area contributed by atoms with Crippen LogP contribution in [-0.4, -0.2) is 28.2 Å². The van der Waals surface area contributed by atoms with Crippen molar-refractivity contribution in [2.24, 2.45) is 5.92 Å². The first-order valence-corrected chi connectivity index (χ1v) is 13.3. The van der Waals surface area contributed by atoms with Gasteiger partial charge in [-0.1, -0.05) is 78.9 Å². The number of aromatic nitrogens is 1. The SMILES string of the molecule is O=C(Cc1c(CN2CCCC2=O)c(-c2ccccc2)nc2ccccc12)N[C@H](c1ccccc1)C1CC1. The quantitative estimate of drug-likeness (QED) is 0.339. The van der Waals surface area contributed by atoms with Gasteiger partial charge < -0.3 is 10.2 Å². The molecule has 0 spiro atoms. The minimum Gasteiger partial charge on any atom is -0.349 e. The molecule has 3 aromatic carbocycles. The van der Waals surface area contributed by atoms with Crippen molar-refractivity contribution < 1.29 is 9.59 Å². The first kappa shape index (κ1) is 23.4. The van der Waals surface area contributed by atoms with Crippen LogP contribution in [-0.2, 0) is 22.6 Å². The number of hydrogen-bond acceptors (Lipinski definition) is 3. The summed E-state index contributed by atoms with van der Waals surface area (Å²) in [6, 6.07) is 28.4. The van der Waals surface area contributed by atoms with E-state index >= 15 is 0 Å². The second-order valence-corrected chi connectivity index (χ2v) is 10.2. The van der Waals surface area contributed by atoms with E-state index in [1.165, 1.54) is 0 Å². The minimum atomic E-state index is 0.00474. The van der Waals surface area contributed by atoms with Gasteiger partial charge in [-0.3, -0.25) is 9.59 Å². The van der Waals surface area contributed by atoms with Crippen LogP contribution in [0.2, 0.25) is 0 Å². The lowest BCUT2D eigenvalue weighted by molar-refractivity contribution is -0.128. The zero-order valence-corrected chi connectivity index (χ0v) is 20.9. The highest BCUT2D eigenvalue weighted by Gasteiger charge is 2.34. The van der Waals surface area contributed by atoms with Crippen LogP contribution in [0.3, 0.4) is 0 Å². The minimum absolute atomic E-state index is 0.00474. The average molecular weight is 490 g/mol. The molecule has 2 fully saturated rings. The molecule has 1 saturated heterocycles. The van der Waals surface area contributed by atoms with E-state index in [0.717, 1.165) is 64.7 Å². The monoisotopic (exact) mass is 489 g/mol. The molecular weight excluding hydrogens is 458 g/mol. The molecular formula is C32H31N3O2. The Hall–Kier alpha value is -3.99. The molecule has 1 aliphatic carbocycles. The maximum atomic E-state index is 13.7.